The number of rotatable bonds is 1. The maximum absolute atomic E-state index is 7.84. The first-order valence-electron chi connectivity index (χ1n) is 4.45. The Morgan fingerprint density at radius 2 is 2.06 bits per heavy atom. The number of nitrogens with one attached hydrogen (secondary N) is 1. The summed E-state index contributed by atoms with van der Waals surface area (Å²) in [5.41, 5.74) is 1.96. The summed E-state index contributed by atoms with van der Waals surface area (Å²) in [6.07, 6.45) is 1.68. The minimum absolute atomic E-state index is 0. The standard InChI is InChI=1S/C10H10ClN3S.ClH/c1-6-7(2)15-10(12)14(6)8-3-4-9(11)13-5-8;/h3-5,12H,1-2H3;1H. The van der Waals surface area contributed by atoms with Crippen LogP contribution in [0, 0.1) is 19.3 Å². The van der Waals surface area contributed by atoms with E-state index in [9.17, 15) is 0 Å². The van der Waals surface area contributed by atoms with E-state index in [0.29, 0.717) is 9.95 Å². The molecule has 0 bridgehead atoms. The Kier molecular flexibility index (Phi) is 4.13. The van der Waals surface area contributed by atoms with Crippen molar-refractivity contribution in [3.05, 3.63) is 38.9 Å². The van der Waals surface area contributed by atoms with Crippen LogP contribution in [0.3, 0.4) is 0 Å². The summed E-state index contributed by atoms with van der Waals surface area (Å²) >= 11 is 7.18. The fourth-order valence-corrected chi connectivity index (χ4v) is 2.36. The van der Waals surface area contributed by atoms with Gasteiger partial charge < -0.3 is 0 Å². The highest BCUT2D eigenvalue weighted by Gasteiger charge is 2.07. The van der Waals surface area contributed by atoms with Gasteiger partial charge in [-0.15, -0.1) is 23.7 Å². The van der Waals surface area contributed by atoms with Crippen molar-refractivity contribution < 1.29 is 0 Å². The Bertz CT molecular complexity index is 542. The van der Waals surface area contributed by atoms with Gasteiger partial charge in [-0.2, -0.15) is 0 Å². The third-order valence-electron chi connectivity index (χ3n) is 2.27. The summed E-state index contributed by atoms with van der Waals surface area (Å²) in [6, 6.07) is 3.60. The molecule has 0 saturated heterocycles. The van der Waals surface area contributed by atoms with Gasteiger partial charge in [0.2, 0.25) is 0 Å². The predicted molar refractivity (Wildman–Crippen MR) is 69.0 cm³/mol. The third-order valence-corrected chi connectivity index (χ3v) is 3.47. The summed E-state index contributed by atoms with van der Waals surface area (Å²) < 4.78 is 1.86. The number of hydrogen-bond acceptors (Lipinski definition) is 3. The van der Waals surface area contributed by atoms with Crippen LogP contribution in [-0.4, -0.2) is 9.55 Å². The van der Waals surface area contributed by atoms with Crippen molar-refractivity contribution in [2.75, 3.05) is 0 Å². The van der Waals surface area contributed by atoms with Crippen LogP contribution in [0.25, 0.3) is 5.69 Å². The zero-order chi connectivity index (χ0) is 11.0. The molecule has 0 aliphatic rings. The van der Waals surface area contributed by atoms with Crippen LogP contribution in [-0.2, 0) is 0 Å². The van der Waals surface area contributed by atoms with E-state index in [-0.39, 0.29) is 12.4 Å². The second kappa shape index (κ2) is 4.99. The van der Waals surface area contributed by atoms with Crippen LogP contribution in [0.4, 0.5) is 0 Å². The monoisotopic (exact) mass is 275 g/mol. The van der Waals surface area contributed by atoms with Gasteiger partial charge in [-0.25, -0.2) is 4.98 Å². The van der Waals surface area contributed by atoms with E-state index in [1.54, 1.807) is 12.3 Å². The molecule has 0 saturated carbocycles. The van der Waals surface area contributed by atoms with E-state index in [1.165, 1.54) is 11.3 Å². The second-order valence-corrected chi connectivity index (χ2v) is 4.81. The van der Waals surface area contributed by atoms with Crippen LogP contribution in [0.1, 0.15) is 10.6 Å². The van der Waals surface area contributed by atoms with E-state index < -0.39 is 0 Å². The molecule has 2 aromatic heterocycles. The van der Waals surface area contributed by atoms with Gasteiger partial charge in [0, 0.05) is 10.6 Å². The molecule has 0 aliphatic carbocycles. The average molecular weight is 276 g/mol. The molecule has 0 fully saturated rings. The van der Waals surface area contributed by atoms with Crippen molar-refractivity contribution in [2.45, 2.75) is 13.8 Å². The maximum atomic E-state index is 7.84. The molecule has 0 radical (unpaired) electrons. The quantitative estimate of drug-likeness (QED) is 0.799. The zero-order valence-corrected chi connectivity index (χ0v) is 11.2. The Labute approximate surface area is 109 Å². The highest BCUT2D eigenvalue weighted by molar-refractivity contribution is 7.09. The molecule has 16 heavy (non-hydrogen) atoms. The van der Waals surface area contributed by atoms with Gasteiger partial charge in [-0.05, 0) is 26.0 Å². The van der Waals surface area contributed by atoms with E-state index >= 15 is 0 Å². The third kappa shape index (κ3) is 2.29. The van der Waals surface area contributed by atoms with Gasteiger partial charge in [0.05, 0.1) is 11.9 Å². The molecule has 6 heteroatoms. The molecule has 1 N–H and O–H groups in total. The molecule has 0 atom stereocenters. The van der Waals surface area contributed by atoms with E-state index in [2.05, 4.69) is 4.98 Å². The highest BCUT2D eigenvalue weighted by atomic mass is 35.5. The van der Waals surface area contributed by atoms with Crippen LogP contribution in [0.15, 0.2) is 18.3 Å². The van der Waals surface area contributed by atoms with Crippen molar-refractivity contribution in [3.63, 3.8) is 0 Å². The van der Waals surface area contributed by atoms with E-state index in [0.717, 1.165) is 16.3 Å². The molecule has 2 aromatic rings. The van der Waals surface area contributed by atoms with Crippen molar-refractivity contribution in [3.8, 4) is 5.69 Å². The minimum atomic E-state index is 0. The van der Waals surface area contributed by atoms with Gasteiger partial charge in [0.25, 0.3) is 0 Å². The van der Waals surface area contributed by atoms with Gasteiger partial charge in [0.1, 0.15) is 5.15 Å². The normalized spacial score (nSPS) is 9.94. The summed E-state index contributed by atoms with van der Waals surface area (Å²) in [5, 5.41) is 8.31. The lowest BCUT2D eigenvalue weighted by molar-refractivity contribution is 0.920. The van der Waals surface area contributed by atoms with Crippen molar-refractivity contribution in [2.24, 2.45) is 0 Å². The van der Waals surface area contributed by atoms with Crippen molar-refractivity contribution in [1.82, 2.24) is 9.55 Å². The maximum Gasteiger partial charge on any atom is 0.187 e. The average Bonchev–Trinajstić information content (AvgIpc) is 2.44. The fraction of sp³-hybridized carbons (Fsp3) is 0.200. The number of nitrogens with zero attached hydrogens (tertiary/aromatic N) is 2. The highest BCUT2D eigenvalue weighted by Crippen LogP contribution is 2.15. The Balaban J connectivity index is 0.00000128. The molecular formula is C10H11Cl2N3S. The van der Waals surface area contributed by atoms with Crippen LogP contribution in [0.5, 0.6) is 0 Å². The van der Waals surface area contributed by atoms with Gasteiger partial charge >= 0.3 is 0 Å². The second-order valence-electron chi connectivity index (χ2n) is 3.22. The number of aromatic nitrogens is 2. The minimum Gasteiger partial charge on any atom is -0.288 e. The smallest absolute Gasteiger partial charge is 0.187 e. The topological polar surface area (TPSA) is 41.7 Å². The van der Waals surface area contributed by atoms with Crippen LogP contribution >= 0.6 is 35.3 Å². The number of thiazole rings is 1. The summed E-state index contributed by atoms with van der Waals surface area (Å²) in [4.78, 5) is 5.67. The van der Waals surface area contributed by atoms with Crippen molar-refractivity contribution >= 4 is 35.3 Å². The lowest BCUT2D eigenvalue weighted by Gasteiger charge is -2.04. The van der Waals surface area contributed by atoms with Crippen LogP contribution < -0.4 is 4.80 Å². The molecule has 0 aromatic carbocycles. The number of halogens is 2. The Morgan fingerprint density at radius 3 is 2.50 bits per heavy atom. The zero-order valence-electron chi connectivity index (χ0n) is 8.82. The van der Waals surface area contributed by atoms with E-state index in [4.69, 9.17) is 17.0 Å². The Morgan fingerprint density at radius 1 is 1.38 bits per heavy atom. The molecule has 2 rings (SSSR count). The molecule has 0 spiro atoms. The largest absolute Gasteiger partial charge is 0.288 e. The lowest BCUT2D eigenvalue weighted by atomic mass is 10.3. The number of hydrogen-bond donors (Lipinski definition) is 1. The Hall–Kier alpha value is -0.840. The predicted octanol–water partition coefficient (Wildman–Crippen LogP) is 3.11. The summed E-state index contributed by atoms with van der Waals surface area (Å²) in [7, 11) is 0. The van der Waals surface area contributed by atoms with E-state index in [1.807, 2.05) is 24.5 Å². The van der Waals surface area contributed by atoms with Gasteiger partial charge in [0.15, 0.2) is 4.80 Å². The molecule has 86 valence electrons. The first-order valence-corrected chi connectivity index (χ1v) is 5.64. The summed E-state index contributed by atoms with van der Waals surface area (Å²) in [6.45, 7) is 4.01. The molecule has 3 nitrogen and oxygen atoms in total. The van der Waals surface area contributed by atoms with Crippen molar-refractivity contribution in [1.29, 1.82) is 5.41 Å². The van der Waals surface area contributed by atoms with Gasteiger partial charge in [-0.3, -0.25) is 9.98 Å². The molecule has 2 heterocycles. The number of aryl methyl sites for hydroxylation is 1. The van der Waals surface area contributed by atoms with Crippen LogP contribution in [0.2, 0.25) is 5.15 Å². The SMILES string of the molecule is Cc1sc(=N)n(-c2ccc(Cl)nc2)c1C.Cl. The first kappa shape index (κ1) is 13.2. The number of pyridine rings is 1. The molecule has 0 unspecified atom stereocenters. The first-order chi connectivity index (χ1) is 7.09. The van der Waals surface area contributed by atoms with Gasteiger partial charge in [-0.1, -0.05) is 11.6 Å². The molecular weight excluding hydrogens is 265 g/mol. The molecule has 0 amide bonds. The molecule has 0 aliphatic heterocycles. The fourth-order valence-electron chi connectivity index (χ4n) is 1.39. The summed E-state index contributed by atoms with van der Waals surface area (Å²) in [5.74, 6) is 0. The lowest BCUT2D eigenvalue weighted by Crippen LogP contribution is -2.12.